The average Bonchev–Trinajstić information content (AvgIpc) is 2.38. The van der Waals surface area contributed by atoms with Crippen LogP contribution in [0.1, 0.15) is 6.92 Å². The van der Waals surface area contributed by atoms with Gasteiger partial charge in [-0.2, -0.15) is 0 Å². The minimum Gasteiger partial charge on any atom is -0.457 e. The SMILES string of the molecule is CCNc1cc(Oc2cccc(Cl)c2)cc([N+](=O)[O-])c1. The van der Waals surface area contributed by atoms with Crippen molar-refractivity contribution in [3.63, 3.8) is 0 Å². The first kappa shape index (κ1) is 14.1. The summed E-state index contributed by atoms with van der Waals surface area (Å²) in [4.78, 5) is 10.5. The van der Waals surface area contributed by atoms with Crippen LogP contribution in [0.25, 0.3) is 0 Å². The molecule has 20 heavy (non-hydrogen) atoms. The summed E-state index contributed by atoms with van der Waals surface area (Å²) >= 11 is 5.87. The van der Waals surface area contributed by atoms with Gasteiger partial charge in [-0.3, -0.25) is 10.1 Å². The zero-order valence-electron chi connectivity index (χ0n) is 10.8. The maximum Gasteiger partial charge on any atom is 0.275 e. The normalized spacial score (nSPS) is 10.1. The van der Waals surface area contributed by atoms with Crippen molar-refractivity contribution in [1.82, 2.24) is 0 Å². The number of benzene rings is 2. The van der Waals surface area contributed by atoms with E-state index < -0.39 is 4.92 Å². The van der Waals surface area contributed by atoms with E-state index in [0.29, 0.717) is 28.8 Å². The molecule has 0 amide bonds. The second-order valence-corrected chi connectivity index (χ2v) is 4.50. The van der Waals surface area contributed by atoms with Crippen LogP contribution in [0.4, 0.5) is 11.4 Å². The van der Waals surface area contributed by atoms with Crippen molar-refractivity contribution in [3.05, 3.63) is 57.6 Å². The predicted octanol–water partition coefficient (Wildman–Crippen LogP) is 4.47. The maximum absolute atomic E-state index is 10.9. The van der Waals surface area contributed by atoms with E-state index in [0.717, 1.165) is 0 Å². The van der Waals surface area contributed by atoms with Gasteiger partial charge in [0.15, 0.2) is 0 Å². The first-order valence-corrected chi connectivity index (χ1v) is 6.43. The number of hydrogen-bond donors (Lipinski definition) is 1. The van der Waals surface area contributed by atoms with Gasteiger partial charge in [-0.05, 0) is 25.1 Å². The van der Waals surface area contributed by atoms with Crippen molar-refractivity contribution >= 4 is 23.0 Å². The van der Waals surface area contributed by atoms with Gasteiger partial charge in [0.2, 0.25) is 0 Å². The third-order valence-corrected chi connectivity index (χ3v) is 2.75. The van der Waals surface area contributed by atoms with E-state index >= 15 is 0 Å². The van der Waals surface area contributed by atoms with Crippen molar-refractivity contribution in [3.8, 4) is 11.5 Å². The van der Waals surface area contributed by atoms with Crippen LogP contribution < -0.4 is 10.1 Å². The number of nitro groups is 1. The number of nitrogens with one attached hydrogen (secondary N) is 1. The monoisotopic (exact) mass is 292 g/mol. The number of ether oxygens (including phenoxy) is 1. The lowest BCUT2D eigenvalue weighted by molar-refractivity contribution is -0.384. The molecule has 0 saturated carbocycles. The quantitative estimate of drug-likeness (QED) is 0.652. The van der Waals surface area contributed by atoms with Gasteiger partial charge in [0.05, 0.1) is 11.0 Å². The molecule has 0 aliphatic heterocycles. The van der Waals surface area contributed by atoms with E-state index in [4.69, 9.17) is 16.3 Å². The third kappa shape index (κ3) is 3.61. The molecule has 0 bridgehead atoms. The van der Waals surface area contributed by atoms with E-state index in [9.17, 15) is 10.1 Å². The van der Waals surface area contributed by atoms with Gasteiger partial charge < -0.3 is 10.1 Å². The molecule has 0 heterocycles. The largest absolute Gasteiger partial charge is 0.457 e. The number of nitro benzene ring substituents is 1. The molecule has 0 aliphatic carbocycles. The summed E-state index contributed by atoms with van der Waals surface area (Å²) in [6.07, 6.45) is 0. The van der Waals surface area contributed by atoms with Gasteiger partial charge in [-0.15, -0.1) is 0 Å². The highest BCUT2D eigenvalue weighted by molar-refractivity contribution is 6.30. The number of nitrogens with zero attached hydrogens (tertiary/aromatic N) is 1. The highest BCUT2D eigenvalue weighted by Crippen LogP contribution is 2.30. The van der Waals surface area contributed by atoms with Crippen molar-refractivity contribution < 1.29 is 9.66 Å². The molecule has 0 saturated heterocycles. The molecule has 1 N–H and O–H groups in total. The highest BCUT2D eigenvalue weighted by atomic mass is 35.5. The molecule has 104 valence electrons. The van der Waals surface area contributed by atoms with Gasteiger partial charge in [-0.25, -0.2) is 0 Å². The number of anilines is 1. The van der Waals surface area contributed by atoms with Gasteiger partial charge >= 0.3 is 0 Å². The van der Waals surface area contributed by atoms with Gasteiger partial charge in [0.25, 0.3) is 5.69 Å². The van der Waals surface area contributed by atoms with Crippen LogP contribution in [0.2, 0.25) is 5.02 Å². The topological polar surface area (TPSA) is 64.4 Å². The molecule has 5 nitrogen and oxygen atoms in total. The molecule has 0 unspecified atom stereocenters. The molecule has 0 aliphatic rings. The fraction of sp³-hybridized carbons (Fsp3) is 0.143. The molecule has 0 radical (unpaired) electrons. The zero-order valence-corrected chi connectivity index (χ0v) is 11.6. The lowest BCUT2D eigenvalue weighted by Crippen LogP contribution is -1.98. The number of halogens is 1. The Balaban J connectivity index is 2.32. The van der Waals surface area contributed by atoms with Crippen LogP contribution in [0.3, 0.4) is 0 Å². The first-order valence-electron chi connectivity index (χ1n) is 6.05. The first-order chi connectivity index (χ1) is 9.58. The fourth-order valence-corrected chi connectivity index (χ4v) is 1.90. The second-order valence-electron chi connectivity index (χ2n) is 4.06. The van der Waals surface area contributed by atoms with E-state index in [1.54, 1.807) is 30.3 Å². The van der Waals surface area contributed by atoms with Crippen LogP contribution in [0, 0.1) is 10.1 Å². The van der Waals surface area contributed by atoms with Crippen molar-refractivity contribution in [1.29, 1.82) is 0 Å². The standard InChI is InChI=1S/C14H13ClN2O3/c1-2-16-11-7-12(17(18)19)9-14(8-11)20-13-5-3-4-10(15)6-13/h3-9,16H,2H2,1H3. The molecule has 6 heteroatoms. The summed E-state index contributed by atoms with van der Waals surface area (Å²) in [6.45, 7) is 2.58. The van der Waals surface area contributed by atoms with Crippen LogP contribution in [-0.2, 0) is 0 Å². The van der Waals surface area contributed by atoms with Crippen molar-refractivity contribution in [2.75, 3.05) is 11.9 Å². The molecule has 2 aromatic rings. The summed E-state index contributed by atoms with van der Waals surface area (Å²) in [6, 6.07) is 11.4. The Bertz CT molecular complexity index is 632. The molecule has 0 spiro atoms. The van der Waals surface area contributed by atoms with Crippen LogP contribution >= 0.6 is 11.6 Å². The fourth-order valence-electron chi connectivity index (χ4n) is 1.72. The van der Waals surface area contributed by atoms with Crippen LogP contribution in [0.15, 0.2) is 42.5 Å². The Morgan fingerprint density at radius 3 is 2.70 bits per heavy atom. The number of non-ortho nitro benzene ring substituents is 1. The second kappa shape index (κ2) is 6.25. The van der Waals surface area contributed by atoms with Gasteiger partial charge in [0.1, 0.15) is 11.5 Å². The predicted molar refractivity (Wildman–Crippen MR) is 78.8 cm³/mol. The summed E-state index contributed by atoms with van der Waals surface area (Å²) < 4.78 is 5.61. The van der Waals surface area contributed by atoms with Crippen LogP contribution in [0.5, 0.6) is 11.5 Å². The lowest BCUT2D eigenvalue weighted by Gasteiger charge is -2.09. The maximum atomic E-state index is 10.9. The molecular formula is C14H13ClN2O3. The summed E-state index contributed by atoms with van der Waals surface area (Å²) in [5.41, 5.74) is 0.610. The van der Waals surface area contributed by atoms with Crippen molar-refractivity contribution in [2.45, 2.75) is 6.92 Å². The van der Waals surface area contributed by atoms with Gasteiger partial charge in [-0.1, -0.05) is 17.7 Å². The minimum absolute atomic E-state index is 0.0273. The smallest absolute Gasteiger partial charge is 0.275 e. The molecule has 0 fully saturated rings. The Labute approximate surface area is 121 Å². The summed E-state index contributed by atoms with van der Waals surface area (Å²) in [5, 5.41) is 14.5. The molecule has 2 rings (SSSR count). The van der Waals surface area contributed by atoms with Gasteiger partial charge in [0, 0.05) is 29.4 Å². The Morgan fingerprint density at radius 2 is 2.05 bits per heavy atom. The Morgan fingerprint density at radius 1 is 1.25 bits per heavy atom. The van der Waals surface area contributed by atoms with E-state index in [1.165, 1.54) is 12.1 Å². The van der Waals surface area contributed by atoms with Crippen molar-refractivity contribution in [2.24, 2.45) is 0 Å². The highest BCUT2D eigenvalue weighted by Gasteiger charge is 2.11. The third-order valence-electron chi connectivity index (χ3n) is 2.51. The summed E-state index contributed by atoms with van der Waals surface area (Å²) in [7, 11) is 0. The number of hydrogen-bond acceptors (Lipinski definition) is 4. The summed E-state index contributed by atoms with van der Waals surface area (Å²) in [5.74, 6) is 0.915. The van der Waals surface area contributed by atoms with E-state index in [1.807, 2.05) is 6.92 Å². The Kier molecular flexibility index (Phi) is 4.42. The average molecular weight is 293 g/mol. The zero-order chi connectivity index (χ0) is 14.5. The molecule has 2 aromatic carbocycles. The molecular weight excluding hydrogens is 280 g/mol. The lowest BCUT2D eigenvalue weighted by atomic mass is 10.2. The molecule has 0 aromatic heterocycles. The Hall–Kier alpha value is -2.27. The van der Waals surface area contributed by atoms with E-state index in [2.05, 4.69) is 5.32 Å². The minimum atomic E-state index is -0.453. The van der Waals surface area contributed by atoms with E-state index in [-0.39, 0.29) is 5.69 Å². The van der Waals surface area contributed by atoms with Crippen LogP contribution in [-0.4, -0.2) is 11.5 Å². The molecule has 0 atom stereocenters. The number of rotatable bonds is 5.